The van der Waals surface area contributed by atoms with Gasteiger partial charge in [-0.1, -0.05) is 129 Å². The number of rotatable bonds is 13. The first-order valence-corrected chi connectivity index (χ1v) is 14.2. The first kappa shape index (κ1) is 27.0. The van der Waals surface area contributed by atoms with Crippen LogP contribution in [0.3, 0.4) is 0 Å². The van der Waals surface area contributed by atoms with Crippen LogP contribution >= 0.6 is 23.4 Å². The van der Waals surface area contributed by atoms with E-state index in [1.165, 1.54) is 31.0 Å². The molecule has 1 aromatic heterocycles. The maximum atomic E-state index is 12.3. The Morgan fingerprint density at radius 1 is 0.865 bits per heavy atom. The molecule has 0 aliphatic rings. The summed E-state index contributed by atoms with van der Waals surface area (Å²) in [5.41, 5.74) is 4.65. The Kier molecular flexibility index (Phi) is 9.86. The number of aliphatic carboxylic acids is 1. The van der Waals surface area contributed by atoms with Gasteiger partial charge < -0.3 is 5.11 Å². The van der Waals surface area contributed by atoms with E-state index in [4.69, 9.17) is 16.6 Å². The van der Waals surface area contributed by atoms with Gasteiger partial charge in [0.1, 0.15) is 5.25 Å². The molecule has 0 aliphatic heterocycles. The predicted octanol–water partition coefficient (Wildman–Crippen LogP) is 9.16. The second-order valence-corrected chi connectivity index (χ2v) is 10.7. The lowest BCUT2D eigenvalue weighted by molar-refractivity contribution is -0.136. The zero-order valence-corrected chi connectivity index (χ0v) is 22.7. The molecule has 0 radical (unpaired) electrons. The highest BCUT2D eigenvalue weighted by Gasteiger charge is 2.26. The number of carboxylic acids is 1. The largest absolute Gasteiger partial charge is 0.480 e. The van der Waals surface area contributed by atoms with Gasteiger partial charge >= 0.3 is 5.97 Å². The van der Waals surface area contributed by atoms with Gasteiger partial charge in [0.25, 0.3) is 0 Å². The van der Waals surface area contributed by atoms with Crippen molar-refractivity contribution in [1.82, 2.24) is 9.55 Å². The minimum atomic E-state index is -0.799. The third-order valence-corrected chi connectivity index (χ3v) is 7.83. The molecule has 1 heterocycles. The summed E-state index contributed by atoms with van der Waals surface area (Å²) in [5.74, 6) is -0.799. The molecule has 6 heteroatoms. The number of unbranched alkanes of at least 4 members (excludes halogenated alkanes) is 5. The van der Waals surface area contributed by atoms with E-state index in [1.807, 2.05) is 72.8 Å². The van der Waals surface area contributed by atoms with Gasteiger partial charge in [0.05, 0.1) is 11.4 Å². The van der Waals surface area contributed by atoms with E-state index in [-0.39, 0.29) is 0 Å². The fraction of sp³-hybridized carbons (Fsp3) is 0.290. The van der Waals surface area contributed by atoms with Crippen molar-refractivity contribution in [1.29, 1.82) is 0 Å². The van der Waals surface area contributed by atoms with Gasteiger partial charge in [-0.3, -0.25) is 9.36 Å². The zero-order chi connectivity index (χ0) is 26.0. The predicted molar refractivity (Wildman–Crippen MR) is 155 cm³/mol. The number of hydrogen-bond donors (Lipinski definition) is 1. The fourth-order valence-corrected chi connectivity index (χ4v) is 5.65. The van der Waals surface area contributed by atoms with Crippen LogP contribution in [0.4, 0.5) is 0 Å². The maximum Gasteiger partial charge on any atom is 0.317 e. The highest BCUT2D eigenvalue weighted by Crippen LogP contribution is 2.40. The number of imidazole rings is 1. The molecular weight excluding hydrogens is 500 g/mol. The van der Waals surface area contributed by atoms with Crippen molar-refractivity contribution >= 4 is 29.3 Å². The molecule has 4 aromatic rings. The first-order chi connectivity index (χ1) is 18.1. The first-order valence-electron chi connectivity index (χ1n) is 13.0. The highest BCUT2D eigenvalue weighted by atomic mass is 35.5. The fourth-order valence-electron chi connectivity index (χ4n) is 4.44. The number of carbonyl (C=O) groups is 1. The number of carboxylic acid groups (broad SMARTS) is 1. The van der Waals surface area contributed by atoms with E-state index in [0.717, 1.165) is 47.5 Å². The summed E-state index contributed by atoms with van der Waals surface area (Å²) in [7, 11) is 0. The monoisotopic (exact) mass is 532 g/mol. The summed E-state index contributed by atoms with van der Waals surface area (Å²) >= 11 is 7.55. The third-order valence-electron chi connectivity index (χ3n) is 6.37. The standard InChI is InChI=1S/C31H33ClN2O2S/c1-2-3-4-5-6-13-18-27(30(35)36)37-31-33-28(23-14-9-7-10-15-23)29(24-16-11-8-12-17-24)34(31)26-21-19-25(32)20-22-26/h7-12,14-17,19-22,27H,2-6,13,18H2,1H3,(H,35,36). The molecule has 4 rings (SSSR count). The second-order valence-electron chi connectivity index (χ2n) is 9.14. The van der Waals surface area contributed by atoms with E-state index >= 15 is 0 Å². The van der Waals surface area contributed by atoms with Gasteiger partial charge in [0, 0.05) is 21.8 Å². The lowest BCUT2D eigenvalue weighted by Crippen LogP contribution is -2.17. The molecule has 0 saturated carbocycles. The number of nitrogens with zero attached hydrogens (tertiary/aromatic N) is 2. The van der Waals surface area contributed by atoms with E-state index in [0.29, 0.717) is 16.6 Å². The van der Waals surface area contributed by atoms with Crippen molar-refractivity contribution < 1.29 is 9.90 Å². The molecule has 1 atom stereocenters. The SMILES string of the molecule is CCCCCCCCC(Sc1nc(-c2ccccc2)c(-c2ccccc2)n1-c1ccc(Cl)cc1)C(=O)O. The molecule has 0 spiro atoms. The number of halogens is 1. The average Bonchev–Trinajstić information content (AvgIpc) is 3.30. The topological polar surface area (TPSA) is 55.1 Å². The Hall–Kier alpha value is -3.02. The van der Waals surface area contributed by atoms with Crippen LogP contribution < -0.4 is 0 Å². The second kappa shape index (κ2) is 13.5. The van der Waals surface area contributed by atoms with E-state index in [2.05, 4.69) is 23.6 Å². The molecule has 0 bridgehead atoms. The van der Waals surface area contributed by atoms with E-state index in [1.54, 1.807) is 0 Å². The van der Waals surface area contributed by atoms with E-state index < -0.39 is 11.2 Å². The summed E-state index contributed by atoms with van der Waals surface area (Å²) in [6, 6.07) is 27.8. The minimum absolute atomic E-state index is 0.577. The Morgan fingerprint density at radius 2 is 1.46 bits per heavy atom. The minimum Gasteiger partial charge on any atom is -0.480 e. The van der Waals surface area contributed by atoms with Crippen LogP contribution in [0.2, 0.25) is 5.02 Å². The van der Waals surface area contributed by atoms with Crippen LogP contribution in [-0.4, -0.2) is 25.9 Å². The molecular formula is C31H33ClN2O2S. The molecule has 1 unspecified atom stereocenters. The van der Waals surface area contributed by atoms with E-state index in [9.17, 15) is 9.90 Å². The van der Waals surface area contributed by atoms with Crippen LogP contribution in [0.15, 0.2) is 90.1 Å². The molecule has 0 saturated heterocycles. The van der Waals surface area contributed by atoms with Gasteiger partial charge in [-0.2, -0.15) is 0 Å². The van der Waals surface area contributed by atoms with Crippen molar-refractivity contribution in [2.45, 2.75) is 62.3 Å². The Morgan fingerprint density at radius 3 is 2.08 bits per heavy atom. The number of aromatic nitrogens is 2. The van der Waals surface area contributed by atoms with Crippen LogP contribution in [0.1, 0.15) is 51.9 Å². The molecule has 0 amide bonds. The molecule has 1 N–H and O–H groups in total. The van der Waals surface area contributed by atoms with Crippen LogP contribution in [-0.2, 0) is 4.79 Å². The average molecular weight is 533 g/mol. The lowest BCUT2D eigenvalue weighted by atomic mass is 10.0. The summed E-state index contributed by atoms with van der Waals surface area (Å²) in [6.45, 7) is 2.20. The Balaban J connectivity index is 1.77. The van der Waals surface area contributed by atoms with Crippen molar-refractivity contribution in [2.75, 3.05) is 0 Å². The van der Waals surface area contributed by atoms with Crippen molar-refractivity contribution in [3.63, 3.8) is 0 Å². The number of thioether (sulfide) groups is 1. The van der Waals surface area contributed by atoms with Gasteiger partial charge in [0.15, 0.2) is 5.16 Å². The molecule has 192 valence electrons. The molecule has 0 fully saturated rings. The molecule has 4 nitrogen and oxygen atoms in total. The van der Waals surface area contributed by atoms with Crippen molar-refractivity contribution in [2.24, 2.45) is 0 Å². The van der Waals surface area contributed by atoms with Gasteiger partial charge in [-0.25, -0.2) is 4.98 Å². The van der Waals surface area contributed by atoms with Crippen molar-refractivity contribution in [3.8, 4) is 28.2 Å². The maximum absolute atomic E-state index is 12.3. The summed E-state index contributed by atoms with van der Waals surface area (Å²) < 4.78 is 2.08. The summed E-state index contributed by atoms with van der Waals surface area (Å²) in [5, 5.41) is 10.8. The number of benzene rings is 3. The van der Waals surface area contributed by atoms with Crippen molar-refractivity contribution in [3.05, 3.63) is 90.0 Å². The van der Waals surface area contributed by atoms with Gasteiger partial charge in [-0.05, 0) is 30.7 Å². The normalized spacial score (nSPS) is 11.9. The summed E-state index contributed by atoms with van der Waals surface area (Å²) in [6.07, 6.45) is 7.37. The summed E-state index contributed by atoms with van der Waals surface area (Å²) in [4.78, 5) is 17.4. The third kappa shape index (κ3) is 7.06. The molecule has 0 aliphatic carbocycles. The van der Waals surface area contributed by atoms with Crippen LogP contribution in [0.25, 0.3) is 28.2 Å². The van der Waals surface area contributed by atoms with Gasteiger partial charge in [-0.15, -0.1) is 0 Å². The smallest absolute Gasteiger partial charge is 0.317 e. The quantitative estimate of drug-likeness (QED) is 0.138. The molecule has 3 aromatic carbocycles. The molecule has 37 heavy (non-hydrogen) atoms. The van der Waals surface area contributed by atoms with Crippen LogP contribution in [0, 0.1) is 0 Å². The number of hydrogen-bond acceptors (Lipinski definition) is 3. The van der Waals surface area contributed by atoms with Crippen LogP contribution in [0.5, 0.6) is 0 Å². The zero-order valence-electron chi connectivity index (χ0n) is 21.1. The lowest BCUT2D eigenvalue weighted by Gasteiger charge is -2.16. The Bertz CT molecular complexity index is 1270. The highest BCUT2D eigenvalue weighted by molar-refractivity contribution is 8.00. The van der Waals surface area contributed by atoms with Gasteiger partial charge in [0.2, 0.25) is 0 Å². The Labute approximate surface area is 228 Å².